The zero-order valence-electron chi connectivity index (χ0n) is 8.85. The standard InChI is InChI=1S/C7H5IN3O2P.C2H6/c8-14-10-7-2-1-6(11(12)13)3-5(7)4-9-10;1-2/h1-4,14H;1-2H3. The number of nitro benzene ring substituents is 1. The highest BCUT2D eigenvalue weighted by atomic mass is 127. The molecule has 0 N–H and O–H groups in total. The first-order valence-electron chi connectivity index (χ1n) is 4.71. The summed E-state index contributed by atoms with van der Waals surface area (Å²) in [6, 6.07) is 4.76. The van der Waals surface area contributed by atoms with Gasteiger partial charge in [0.05, 0.1) is 23.0 Å². The molecule has 0 aliphatic rings. The predicted octanol–water partition coefficient (Wildman–Crippen LogP) is 3.76. The lowest BCUT2D eigenvalue weighted by molar-refractivity contribution is -0.384. The Balaban J connectivity index is 0.000000606. The van der Waals surface area contributed by atoms with Gasteiger partial charge in [0, 0.05) is 17.5 Å². The van der Waals surface area contributed by atoms with E-state index in [0.29, 0.717) is 6.37 Å². The van der Waals surface area contributed by atoms with Gasteiger partial charge >= 0.3 is 0 Å². The Morgan fingerprint density at radius 1 is 1.50 bits per heavy atom. The fourth-order valence-corrected chi connectivity index (χ4v) is 2.75. The number of nitro groups is 1. The molecule has 1 unspecified atom stereocenters. The van der Waals surface area contributed by atoms with Crippen LogP contribution in [0.1, 0.15) is 13.8 Å². The maximum atomic E-state index is 10.5. The monoisotopic (exact) mass is 351 g/mol. The number of nitrogens with zero attached hydrogens (tertiary/aromatic N) is 3. The number of hydrogen-bond donors (Lipinski definition) is 0. The summed E-state index contributed by atoms with van der Waals surface area (Å²) in [7, 11) is 0. The van der Waals surface area contributed by atoms with Crippen LogP contribution in [0.2, 0.25) is 0 Å². The molecule has 1 heterocycles. The smallest absolute Gasteiger partial charge is 0.258 e. The zero-order chi connectivity index (χ0) is 12.1. The molecule has 1 aromatic carbocycles. The first-order chi connectivity index (χ1) is 7.72. The molecule has 16 heavy (non-hydrogen) atoms. The van der Waals surface area contributed by atoms with Gasteiger partial charge in [0.1, 0.15) is 0 Å². The van der Waals surface area contributed by atoms with Crippen LogP contribution in [0.3, 0.4) is 0 Å². The van der Waals surface area contributed by atoms with Crippen molar-refractivity contribution in [2.45, 2.75) is 13.8 Å². The van der Waals surface area contributed by atoms with Gasteiger partial charge < -0.3 is 0 Å². The van der Waals surface area contributed by atoms with Gasteiger partial charge in [-0.1, -0.05) is 13.8 Å². The molecule has 2 rings (SSSR count). The molecule has 0 fully saturated rings. The molecule has 1 atom stereocenters. The second-order valence-electron chi connectivity index (χ2n) is 2.64. The minimum Gasteiger partial charge on any atom is -0.258 e. The summed E-state index contributed by atoms with van der Waals surface area (Å²) in [6.07, 6.45) is 2.15. The van der Waals surface area contributed by atoms with E-state index in [1.165, 1.54) is 12.1 Å². The molecule has 7 heteroatoms. The van der Waals surface area contributed by atoms with Gasteiger partial charge in [-0.3, -0.25) is 10.1 Å². The predicted molar refractivity (Wildman–Crippen MR) is 75.5 cm³/mol. The first-order valence-corrected chi connectivity index (χ1v) is 8.77. The Morgan fingerprint density at radius 3 is 2.75 bits per heavy atom. The fraction of sp³-hybridized carbons (Fsp3) is 0.222. The third kappa shape index (κ3) is 2.68. The highest BCUT2D eigenvalue weighted by Gasteiger charge is 2.08. The number of rotatable bonds is 2. The molecule has 0 radical (unpaired) electrons. The van der Waals surface area contributed by atoms with Crippen molar-refractivity contribution in [2.75, 3.05) is 0 Å². The van der Waals surface area contributed by atoms with Crippen molar-refractivity contribution >= 4 is 45.0 Å². The number of fused-ring (bicyclic) bond motifs is 1. The average Bonchev–Trinajstić information content (AvgIpc) is 2.73. The van der Waals surface area contributed by atoms with Crippen LogP contribution in [0.25, 0.3) is 10.9 Å². The lowest BCUT2D eigenvalue weighted by Gasteiger charge is -1.95. The van der Waals surface area contributed by atoms with Crippen molar-refractivity contribution in [1.29, 1.82) is 0 Å². The lowest BCUT2D eigenvalue weighted by atomic mass is 10.2. The highest BCUT2D eigenvalue weighted by molar-refractivity contribution is 14.2. The number of non-ortho nitro benzene ring substituents is 1. The molecular formula is C9H11IN3O2P. The number of hydrogen-bond acceptors (Lipinski definition) is 3. The van der Waals surface area contributed by atoms with Crippen molar-refractivity contribution in [3.8, 4) is 0 Å². The summed E-state index contributed by atoms with van der Waals surface area (Å²) < 4.78 is 1.82. The largest absolute Gasteiger partial charge is 0.270 e. The maximum absolute atomic E-state index is 10.5. The maximum Gasteiger partial charge on any atom is 0.270 e. The number of halogens is 1. The van der Waals surface area contributed by atoms with E-state index < -0.39 is 4.92 Å². The Morgan fingerprint density at radius 2 is 2.19 bits per heavy atom. The quantitative estimate of drug-likeness (QED) is 0.358. The van der Waals surface area contributed by atoms with E-state index in [1.807, 2.05) is 18.3 Å². The third-order valence-corrected chi connectivity index (χ3v) is 3.73. The zero-order valence-corrected chi connectivity index (χ0v) is 12.0. The van der Waals surface area contributed by atoms with Crippen LogP contribution in [-0.4, -0.2) is 14.5 Å². The van der Waals surface area contributed by atoms with Gasteiger partial charge in [-0.15, -0.1) is 0 Å². The molecule has 0 saturated heterocycles. The van der Waals surface area contributed by atoms with E-state index in [-0.39, 0.29) is 5.69 Å². The molecular weight excluding hydrogens is 340 g/mol. The molecule has 0 aliphatic carbocycles. The Labute approximate surface area is 108 Å². The molecule has 0 amide bonds. The SMILES string of the molecule is CC.O=[N+]([O-])c1ccc2c(cnn2PI)c1. The van der Waals surface area contributed by atoms with Crippen LogP contribution in [0, 0.1) is 10.1 Å². The van der Waals surface area contributed by atoms with Gasteiger partial charge in [-0.2, -0.15) is 5.10 Å². The molecule has 1 aromatic heterocycles. The van der Waals surface area contributed by atoms with Gasteiger partial charge in [0.2, 0.25) is 0 Å². The Bertz CT molecular complexity index is 500. The van der Waals surface area contributed by atoms with Crippen molar-refractivity contribution in [3.63, 3.8) is 0 Å². The summed E-state index contributed by atoms with van der Waals surface area (Å²) in [6.45, 7) is 4.00. The van der Waals surface area contributed by atoms with E-state index >= 15 is 0 Å². The van der Waals surface area contributed by atoms with Crippen molar-refractivity contribution < 1.29 is 4.92 Å². The highest BCUT2D eigenvalue weighted by Crippen LogP contribution is 2.29. The van der Waals surface area contributed by atoms with Crippen LogP contribution in [0.5, 0.6) is 0 Å². The van der Waals surface area contributed by atoms with Crippen LogP contribution >= 0.6 is 28.4 Å². The molecule has 86 valence electrons. The summed E-state index contributed by atoms with van der Waals surface area (Å²) in [4.78, 5) is 10.1. The molecule has 0 saturated carbocycles. The van der Waals surface area contributed by atoms with E-state index in [1.54, 1.807) is 12.3 Å². The van der Waals surface area contributed by atoms with Crippen molar-refractivity contribution in [3.05, 3.63) is 34.5 Å². The second kappa shape index (κ2) is 6.10. The van der Waals surface area contributed by atoms with Crippen LogP contribution in [0.15, 0.2) is 24.4 Å². The minimum atomic E-state index is -0.400. The average molecular weight is 351 g/mol. The van der Waals surface area contributed by atoms with Gasteiger partial charge in [-0.05, 0) is 28.1 Å². The fourth-order valence-electron chi connectivity index (χ4n) is 1.20. The summed E-state index contributed by atoms with van der Waals surface area (Å²) in [5, 5.41) is 15.4. The normalized spacial score (nSPS) is 10.4. The lowest BCUT2D eigenvalue weighted by Crippen LogP contribution is -1.87. The van der Waals surface area contributed by atoms with Crippen LogP contribution in [-0.2, 0) is 0 Å². The van der Waals surface area contributed by atoms with Crippen molar-refractivity contribution in [1.82, 2.24) is 9.55 Å². The number of benzene rings is 1. The Hall–Kier alpha value is -0.750. The Kier molecular flexibility index (Phi) is 5.08. The summed E-state index contributed by atoms with van der Waals surface area (Å²) in [5.74, 6) is 0. The molecule has 0 bridgehead atoms. The van der Waals surface area contributed by atoms with Crippen LogP contribution < -0.4 is 0 Å². The number of aromatic nitrogens is 2. The third-order valence-electron chi connectivity index (χ3n) is 1.84. The molecule has 0 aliphatic heterocycles. The second-order valence-corrected chi connectivity index (χ2v) is 4.68. The van der Waals surface area contributed by atoms with Crippen molar-refractivity contribution in [2.24, 2.45) is 0 Å². The molecule has 5 nitrogen and oxygen atoms in total. The van der Waals surface area contributed by atoms with E-state index in [2.05, 4.69) is 27.1 Å². The van der Waals surface area contributed by atoms with Gasteiger partial charge in [0.25, 0.3) is 5.69 Å². The van der Waals surface area contributed by atoms with E-state index in [0.717, 1.165) is 10.9 Å². The first kappa shape index (κ1) is 13.3. The van der Waals surface area contributed by atoms with Crippen LogP contribution in [0.4, 0.5) is 5.69 Å². The topological polar surface area (TPSA) is 61.0 Å². The van der Waals surface area contributed by atoms with Gasteiger partial charge in [0.15, 0.2) is 0 Å². The van der Waals surface area contributed by atoms with E-state index in [4.69, 9.17) is 0 Å². The molecule has 2 aromatic rings. The van der Waals surface area contributed by atoms with E-state index in [9.17, 15) is 10.1 Å². The van der Waals surface area contributed by atoms with Gasteiger partial charge in [-0.25, -0.2) is 4.45 Å². The minimum absolute atomic E-state index is 0.105. The summed E-state index contributed by atoms with van der Waals surface area (Å²) in [5.41, 5.74) is 1.04. The summed E-state index contributed by atoms with van der Waals surface area (Å²) >= 11 is 2.21. The molecule has 0 spiro atoms.